The summed E-state index contributed by atoms with van der Waals surface area (Å²) in [6, 6.07) is 14.4. The predicted molar refractivity (Wildman–Crippen MR) is 130 cm³/mol. The molecule has 0 atom stereocenters. The molecule has 5 aromatic rings. The highest BCUT2D eigenvalue weighted by Crippen LogP contribution is 2.20. The second-order valence-corrected chi connectivity index (χ2v) is 8.51. The highest BCUT2D eigenvalue weighted by molar-refractivity contribution is 6.30. The third-order valence-electron chi connectivity index (χ3n) is 5.24. The molecule has 9 nitrogen and oxygen atoms in total. The van der Waals surface area contributed by atoms with E-state index in [-0.39, 0.29) is 17.4 Å². The molecule has 2 N–H and O–H groups in total. The number of amides is 1. The number of rotatable bonds is 4. The maximum absolute atomic E-state index is 12.9. The molecule has 1 amide bonds. The fourth-order valence-electron chi connectivity index (χ4n) is 3.85. The number of aromatic amines is 1. The van der Waals surface area contributed by atoms with Crippen molar-refractivity contribution in [3.05, 3.63) is 92.5 Å². The molecule has 0 spiro atoms. The number of nitrogens with zero attached hydrogens (tertiary/aromatic N) is 5. The van der Waals surface area contributed by atoms with Crippen molar-refractivity contribution in [2.75, 3.05) is 5.32 Å². The molecule has 0 aliphatic carbocycles. The number of carbonyl (C=O) groups excluding carboxylic acids is 1. The molecule has 0 bridgehead atoms. The monoisotopic (exact) mass is 473 g/mol. The van der Waals surface area contributed by atoms with Crippen LogP contribution in [0.25, 0.3) is 22.7 Å². The Hall–Kier alpha value is -4.24. The lowest BCUT2D eigenvalue weighted by Crippen LogP contribution is -2.19. The molecule has 34 heavy (non-hydrogen) atoms. The summed E-state index contributed by atoms with van der Waals surface area (Å²) in [5, 5.41) is 12.5. The van der Waals surface area contributed by atoms with Crippen molar-refractivity contribution in [3.8, 4) is 11.6 Å². The van der Waals surface area contributed by atoms with Gasteiger partial charge in [0.15, 0.2) is 5.65 Å². The number of hydrogen-bond acceptors (Lipinski definition) is 5. The van der Waals surface area contributed by atoms with Gasteiger partial charge in [-0.2, -0.15) is 19.9 Å². The minimum absolute atomic E-state index is 0.144. The van der Waals surface area contributed by atoms with E-state index in [1.165, 1.54) is 15.6 Å². The van der Waals surface area contributed by atoms with Gasteiger partial charge in [-0.05, 0) is 51.1 Å². The standard InChI is InChI=1S/C24H20ClN7O2/c1-13-7-14(2)9-16(8-13)22(33)27-20-10-15(3)30-32(20)24-28-21-19(23(34)29-24)12-26-31(21)18-6-4-5-17(25)11-18/h4-12H,1-3H3,(H,27,33)(H,28,29,34). The van der Waals surface area contributed by atoms with Gasteiger partial charge in [-0.15, -0.1) is 0 Å². The van der Waals surface area contributed by atoms with Crippen LogP contribution in [0.15, 0.2) is 59.5 Å². The van der Waals surface area contributed by atoms with Crippen molar-refractivity contribution in [3.63, 3.8) is 0 Å². The number of anilines is 1. The fourth-order valence-corrected chi connectivity index (χ4v) is 4.03. The molecular formula is C24H20ClN7O2. The van der Waals surface area contributed by atoms with Gasteiger partial charge in [-0.25, -0.2) is 4.68 Å². The first-order valence-electron chi connectivity index (χ1n) is 10.5. The van der Waals surface area contributed by atoms with Crippen molar-refractivity contribution < 1.29 is 4.79 Å². The molecule has 0 aliphatic heterocycles. The lowest BCUT2D eigenvalue weighted by molar-refractivity contribution is 0.102. The summed E-state index contributed by atoms with van der Waals surface area (Å²) in [6.07, 6.45) is 1.45. The summed E-state index contributed by atoms with van der Waals surface area (Å²) in [6.45, 7) is 5.66. The molecule has 0 saturated carbocycles. The van der Waals surface area contributed by atoms with Gasteiger partial charge in [0, 0.05) is 16.7 Å². The van der Waals surface area contributed by atoms with E-state index in [9.17, 15) is 9.59 Å². The van der Waals surface area contributed by atoms with Crippen LogP contribution in [0, 0.1) is 20.8 Å². The summed E-state index contributed by atoms with van der Waals surface area (Å²) in [7, 11) is 0. The lowest BCUT2D eigenvalue weighted by Gasteiger charge is -2.10. The van der Waals surface area contributed by atoms with E-state index in [1.807, 2.05) is 38.1 Å². The number of fused-ring (bicyclic) bond motifs is 1. The number of hydrogen-bond donors (Lipinski definition) is 2. The lowest BCUT2D eigenvalue weighted by atomic mass is 10.1. The van der Waals surface area contributed by atoms with E-state index >= 15 is 0 Å². The third-order valence-corrected chi connectivity index (χ3v) is 5.47. The first-order valence-corrected chi connectivity index (χ1v) is 10.9. The van der Waals surface area contributed by atoms with Crippen LogP contribution in [0.2, 0.25) is 5.02 Å². The van der Waals surface area contributed by atoms with Crippen LogP contribution in [-0.4, -0.2) is 35.4 Å². The highest BCUT2D eigenvalue weighted by Gasteiger charge is 2.18. The summed E-state index contributed by atoms with van der Waals surface area (Å²) in [5.74, 6) is 0.225. The molecule has 3 heterocycles. The number of halogens is 1. The maximum atomic E-state index is 12.9. The number of H-pyrrole nitrogens is 1. The van der Waals surface area contributed by atoms with E-state index in [0.29, 0.717) is 38.8 Å². The zero-order chi connectivity index (χ0) is 24.0. The zero-order valence-corrected chi connectivity index (χ0v) is 19.4. The van der Waals surface area contributed by atoms with Gasteiger partial charge >= 0.3 is 0 Å². The van der Waals surface area contributed by atoms with E-state index in [0.717, 1.165) is 11.1 Å². The van der Waals surface area contributed by atoms with Crippen LogP contribution in [0.4, 0.5) is 5.82 Å². The average Bonchev–Trinajstić information content (AvgIpc) is 3.36. The molecule has 2 aromatic carbocycles. The number of carbonyl (C=O) groups is 1. The van der Waals surface area contributed by atoms with Crippen LogP contribution in [-0.2, 0) is 0 Å². The Morgan fingerprint density at radius 1 is 1.03 bits per heavy atom. The van der Waals surface area contributed by atoms with Crippen molar-refractivity contribution in [1.82, 2.24) is 29.5 Å². The van der Waals surface area contributed by atoms with Crippen LogP contribution in [0.5, 0.6) is 0 Å². The van der Waals surface area contributed by atoms with Gasteiger partial charge < -0.3 is 5.32 Å². The normalized spacial score (nSPS) is 11.2. The Labute approximate surface area is 199 Å². The Kier molecular flexibility index (Phi) is 5.25. The quantitative estimate of drug-likeness (QED) is 0.408. The van der Waals surface area contributed by atoms with Crippen LogP contribution >= 0.6 is 11.6 Å². The van der Waals surface area contributed by atoms with Gasteiger partial charge in [-0.1, -0.05) is 34.9 Å². The van der Waals surface area contributed by atoms with Crippen molar-refractivity contribution in [1.29, 1.82) is 0 Å². The molecule has 5 rings (SSSR count). The summed E-state index contributed by atoms with van der Waals surface area (Å²) >= 11 is 6.13. The topological polar surface area (TPSA) is 110 Å². The minimum Gasteiger partial charge on any atom is -0.306 e. The van der Waals surface area contributed by atoms with Crippen LogP contribution in [0.3, 0.4) is 0 Å². The van der Waals surface area contributed by atoms with E-state index in [2.05, 4.69) is 25.5 Å². The van der Waals surface area contributed by atoms with E-state index < -0.39 is 0 Å². The Morgan fingerprint density at radius 2 is 1.79 bits per heavy atom. The number of aromatic nitrogens is 6. The van der Waals surface area contributed by atoms with Gasteiger partial charge in [0.1, 0.15) is 11.2 Å². The summed E-state index contributed by atoms with van der Waals surface area (Å²) in [5.41, 5.74) is 3.75. The van der Waals surface area contributed by atoms with E-state index in [4.69, 9.17) is 11.6 Å². The van der Waals surface area contributed by atoms with Crippen molar-refractivity contribution in [2.24, 2.45) is 0 Å². The smallest absolute Gasteiger partial charge is 0.263 e. The summed E-state index contributed by atoms with van der Waals surface area (Å²) in [4.78, 5) is 33.1. The molecule has 0 fully saturated rings. The Bertz CT molecular complexity index is 1610. The van der Waals surface area contributed by atoms with Crippen LogP contribution in [0.1, 0.15) is 27.2 Å². The third kappa shape index (κ3) is 3.97. The maximum Gasteiger partial charge on any atom is 0.263 e. The predicted octanol–water partition coefficient (Wildman–Crippen LogP) is 4.13. The second-order valence-electron chi connectivity index (χ2n) is 8.08. The van der Waals surface area contributed by atoms with Crippen molar-refractivity contribution in [2.45, 2.75) is 20.8 Å². The molecule has 170 valence electrons. The minimum atomic E-state index is -0.381. The largest absolute Gasteiger partial charge is 0.306 e. The molecular weight excluding hydrogens is 454 g/mol. The van der Waals surface area contributed by atoms with Gasteiger partial charge in [0.2, 0.25) is 5.95 Å². The first-order chi connectivity index (χ1) is 16.3. The van der Waals surface area contributed by atoms with Gasteiger partial charge in [-0.3, -0.25) is 14.6 Å². The molecule has 10 heteroatoms. The van der Waals surface area contributed by atoms with Gasteiger partial charge in [0.25, 0.3) is 11.5 Å². The molecule has 0 unspecified atom stereocenters. The number of aryl methyl sites for hydroxylation is 3. The summed E-state index contributed by atoms with van der Waals surface area (Å²) < 4.78 is 2.93. The SMILES string of the molecule is Cc1cc(C)cc(C(=O)Nc2cc(C)nn2-c2nc3c(cnn3-c3cccc(Cl)c3)c(=O)[nH]2)c1. The number of nitrogens with one attached hydrogen (secondary N) is 2. The average molecular weight is 474 g/mol. The molecule has 0 saturated heterocycles. The molecule has 3 aromatic heterocycles. The fraction of sp³-hybridized carbons (Fsp3) is 0.125. The number of benzene rings is 2. The molecule has 0 radical (unpaired) electrons. The van der Waals surface area contributed by atoms with E-state index in [1.54, 1.807) is 31.2 Å². The zero-order valence-electron chi connectivity index (χ0n) is 18.6. The van der Waals surface area contributed by atoms with Gasteiger partial charge in [0.05, 0.1) is 17.6 Å². The Morgan fingerprint density at radius 3 is 2.53 bits per heavy atom. The second kappa shape index (κ2) is 8.27. The highest BCUT2D eigenvalue weighted by atomic mass is 35.5. The van der Waals surface area contributed by atoms with Crippen molar-refractivity contribution >= 4 is 34.4 Å². The Balaban J connectivity index is 1.59. The first kappa shape index (κ1) is 21.6. The van der Waals surface area contributed by atoms with Crippen LogP contribution < -0.4 is 10.9 Å². The molecule has 0 aliphatic rings.